The van der Waals surface area contributed by atoms with Crippen molar-refractivity contribution in [3.63, 3.8) is 0 Å². The zero-order valence-electron chi connectivity index (χ0n) is 15.3. The molecule has 1 unspecified atom stereocenters. The van der Waals surface area contributed by atoms with Gasteiger partial charge >= 0.3 is 0 Å². The van der Waals surface area contributed by atoms with Crippen LogP contribution in [0, 0.1) is 0 Å². The Labute approximate surface area is 157 Å². The predicted octanol–water partition coefficient (Wildman–Crippen LogP) is 2.46. The molecule has 3 amide bonds. The second kappa shape index (κ2) is 7.12. The number of morpholine rings is 1. The summed E-state index contributed by atoms with van der Waals surface area (Å²) in [5, 5.41) is 1.62. The van der Waals surface area contributed by atoms with Crippen LogP contribution in [0.25, 0.3) is 10.8 Å². The van der Waals surface area contributed by atoms with E-state index in [0.29, 0.717) is 43.7 Å². The van der Waals surface area contributed by atoms with Gasteiger partial charge in [0.2, 0.25) is 5.91 Å². The fourth-order valence-corrected chi connectivity index (χ4v) is 3.88. The van der Waals surface area contributed by atoms with E-state index in [-0.39, 0.29) is 30.4 Å². The molecule has 2 aliphatic rings. The van der Waals surface area contributed by atoms with E-state index in [4.69, 9.17) is 4.74 Å². The van der Waals surface area contributed by atoms with Gasteiger partial charge in [0.15, 0.2) is 0 Å². The number of carbonyl (C=O) groups is 3. The molecule has 4 rings (SSSR count). The van der Waals surface area contributed by atoms with Crippen molar-refractivity contribution < 1.29 is 19.1 Å². The number of carbonyl (C=O) groups excluding carboxylic acids is 3. The molecule has 1 fully saturated rings. The van der Waals surface area contributed by atoms with Crippen LogP contribution >= 0.6 is 0 Å². The summed E-state index contributed by atoms with van der Waals surface area (Å²) < 4.78 is 5.46. The second-order valence-corrected chi connectivity index (χ2v) is 7.10. The average molecular weight is 366 g/mol. The molecular formula is C21H22N2O4. The maximum atomic E-state index is 12.8. The third kappa shape index (κ3) is 3.21. The van der Waals surface area contributed by atoms with Gasteiger partial charge in [0, 0.05) is 42.6 Å². The molecule has 0 saturated carbocycles. The van der Waals surface area contributed by atoms with E-state index in [1.807, 2.05) is 31.2 Å². The Morgan fingerprint density at radius 3 is 2.41 bits per heavy atom. The third-order valence-corrected chi connectivity index (χ3v) is 5.22. The Bertz CT molecular complexity index is 873. The van der Waals surface area contributed by atoms with Crippen LogP contribution in [0.4, 0.5) is 0 Å². The predicted molar refractivity (Wildman–Crippen MR) is 101 cm³/mol. The first-order valence-electron chi connectivity index (χ1n) is 9.33. The topological polar surface area (TPSA) is 66.9 Å². The highest BCUT2D eigenvalue weighted by Crippen LogP contribution is 2.30. The van der Waals surface area contributed by atoms with Crippen molar-refractivity contribution in [3.05, 3.63) is 47.5 Å². The van der Waals surface area contributed by atoms with Crippen LogP contribution in [0.1, 0.15) is 40.5 Å². The van der Waals surface area contributed by atoms with Gasteiger partial charge < -0.3 is 9.64 Å². The minimum absolute atomic E-state index is 0.0459. The number of amides is 3. The lowest BCUT2D eigenvalue weighted by molar-refractivity contribution is -0.138. The number of hydrogen-bond acceptors (Lipinski definition) is 4. The molecule has 1 saturated heterocycles. The van der Waals surface area contributed by atoms with Crippen molar-refractivity contribution in [3.8, 4) is 0 Å². The Morgan fingerprint density at radius 1 is 1.11 bits per heavy atom. The molecule has 2 aliphatic heterocycles. The lowest BCUT2D eigenvalue weighted by Gasteiger charge is -2.31. The van der Waals surface area contributed by atoms with Gasteiger partial charge in [-0.25, -0.2) is 0 Å². The Kier molecular flexibility index (Phi) is 4.66. The first-order valence-corrected chi connectivity index (χ1v) is 9.33. The van der Waals surface area contributed by atoms with Gasteiger partial charge in [-0.3, -0.25) is 19.3 Å². The molecule has 0 radical (unpaired) electrons. The van der Waals surface area contributed by atoms with Crippen LogP contribution in [0.2, 0.25) is 0 Å². The SMILES string of the molecule is CC1CN(C(=O)CCCN2C(=O)c3cccc4cccc(c34)C2=O)CCO1. The van der Waals surface area contributed by atoms with Gasteiger partial charge in [0.05, 0.1) is 12.7 Å². The van der Waals surface area contributed by atoms with Crippen LogP contribution in [-0.2, 0) is 9.53 Å². The molecule has 0 spiro atoms. The van der Waals surface area contributed by atoms with Crippen molar-refractivity contribution in [2.45, 2.75) is 25.9 Å². The monoisotopic (exact) mass is 366 g/mol. The van der Waals surface area contributed by atoms with Crippen LogP contribution in [0.5, 0.6) is 0 Å². The van der Waals surface area contributed by atoms with Crippen LogP contribution in [-0.4, -0.2) is 59.9 Å². The highest BCUT2D eigenvalue weighted by atomic mass is 16.5. The van der Waals surface area contributed by atoms with Crippen molar-refractivity contribution in [2.75, 3.05) is 26.2 Å². The average Bonchev–Trinajstić information content (AvgIpc) is 2.68. The summed E-state index contributed by atoms with van der Waals surface area (Å²) in [4.78, 5) is 41.1. The second-order valence-electron chi connectivity index (χ2n) is 7.10. The van der Waals surface area contributed by atoms with Gasteiger partial charge in [-0.1, -0.05) is 24.3 Å². The third-order valence-electron chi connectivity index (χ3n) is 5.22. The van der Waals surface area contributed by atoms with Gasteiger partial charge in [-0.2, -0.15) is 0 Å². The highest BCUT2D eigenvalue weighted by molar-refractivity contribution is 6.25. The molecule has 2 aromatic rings. The van der Waals surface area contributed by atoms with Gasteiger partial charge in [0.25, 0.3) is 11.8 Å². The van der Waals surface area contributed by atoms with Crippen molar-refractivity contribution in [1.29, 1.82) is 0 Å². The molecule has 140 valence electrons. The summed E-state index contributed by atoms with van der Waals surface area (Å²) >= 11 is 0. The lowest BCUT2D eigenvalue weighted by atomic mass is 9.94. The molecule has 27 heavy (non-hydrogen) atoms. The molecule has 0 bridgehead atoms. The Morgan fingerprint density at radius 2 is 1.78 bits per heavy atom. The van der Waals surface area contributed by atoms with E-state index in [0.717, 1.165) is 10.8 Å². The molecule has 0 aromatic heterocycles. The van der Waals surface area contributed by atoms with Gasteiger partial charge in [-0.05, 0) is 30.9 Å². The number of imide groups is 1. The number of hydrogen-bond donors (Lipinski definition) is 0. The standard InChI is InChI=1S/C21H22N2O4/c1-14-13-22(11-12-27-14)18(24)9-4-10-23-20(25)16-7-2-5-15-6-3-8-17(19(15)16)21(23)26/h2-3,5-8,14H,4,9-13H2,1H3. The fraction of sp³-hybridized carbons (Fsp3) is 0.381. The maximum Gasteiger partial charge on any atom is 0.261 e. The van der Waals surface area contributed by atoms with E-state index < -0.39 is 0 Å². The maximum absolute atomic E-state index is 12.8. The van der Waals surface area contributed by atoms with E-state index >= 15 is 0 Å². The smallest absolute Gasteiger partial charge is 0.261 e. The normalized spacial score (nSPS) is 19.7. The van der Waals surface area contributed by atoms with E-state index in [1.165, 1.54) is 4.90 Å². The number of nitrogens with zero attached hydrogens (tertiary/aromatic N) is 2. The van der Waals surface area contributed by atoms with Gasteiger partial charge in [0.1, 0.15) is 0 Å². The fourth-order valence-electron chi connectivity index (χ4n) is 3.88. The number of ether oxygens (including phenoxy) is 1. The highest BCUT2D eigenvalue weighted by Gasteiger charge is 2.32. The molecule has 6 nitrogen and oxygen atoms in total. The van der Waals surface area contributed by atoms with E-state index in [9.17, 15) is 14.4 Å². The minimum Gasteiger partial charge on any atom is -0.375 e. The zero-order chi connectivity index (χ0) is 19.0. The van der Waals surface area contributed by atoms with Crippen LogP contribution in [0.15, 0.2) is 36.4 Å². The van der Waals surface area contributed by atoms with Crippen molar-refractivity contribution in [1.82, 2.24) is 9.80 Å². The lowest BCUT2D eigenvalue weighted by Crippen LogP contribution is -2.45. The van der Waals surface area contributed by atoms with Crippen molar-refractivity contribution >= 4 is 28.5 Å². The molecule has 2 aromatic carbocycles. The van der Waals surface area contributed by atoms with Crippen molar-refractivity contribution in [2.24, 2.45) is 0 Å². The summed E-state index contributed by atoms with van der Waals surface area (Å²) in [6, 6.07) is 11.0. The van der Waals surface area contributed by atoms with E-state index in [1.54, 1.807) is 17.0 Å². The van der Waals surface area contributed by atoms with Gasteiger partial charge in [-0.15, -0.1) is 0 Å². The largest absolute Gasteiger partial charge is 0.375 e. The molecule has 0 aliphatic carbocycles. The first-order chi connectivity index (χ1) is 13.1. The number of rotatable bonds is 4. The van der Waals surface area contributed by atoms with E-state index in [2.05, 4.69) is 0 Å². The molecule has 1 atom stereocenters. The van der Waals surface area contributed by atoms with Crippen LogP contribution < -0.4 is 0 Å². The minimum atomic E-state index is -0.281. The summed E-state index contributed by atoms with van der Waals surface area (Å²) in [6.07, 6.45) is 0.820. The summed E-state index contributed by atoms with van der Waals surface area (Å²) in [7, 11) is 0. The first kappa shape index (κ1) is 17.7. The molecule has 6 heteroatoms. The molecule has 2 heterocycles. The number of benzene rings is 2. The quantitative estimate of drug-likeness (QED) is 0.780. The summed E-state index contributed by atoms with van der Waals surface area (Å²) in [5.41, 5.74) is 1.10. The zero-order valence-corrected chi connectivity index (χ0v) is 15.3. The Hall–Kier alpha value is -2.73. The van der Waals surface area contributed by atoms with Crippen LogP contribution in [0.3, 0.4) is 0 Å². The summed E-state index contributed by atoms with van der Waals surface area (Å²) in [6.45, 7) is 3.93. The summed E-state index contributed by atoms with van der Waals surface area (Å²) in [5.74, 6) is -0.516. The Balaban J connectivity index is 1.45. The molecular weight excluding hydrogens is 344 g/mol. The molecule has 0 N–H and O–H groups in total.